The summed E-state index contributed by atoms with van der Waals surface area (Å²) in [5, 5.41) is 0. The lowest BCUT2D eigenvalue weighted by Gasteiger charge is -2.39. The van der Waals surface area contributed by atoms with Gasteiger partial charge in [0.15, 0.2) is 11.5 Å². The summed E-state index contributed by atoms with van der Waals surface area (Å²) < 4.78 is 12.4. The van der Waals surface area contributed by atoms with Crippen molar-refractivity contribution in [1.82, 2.24) is 9.80 Å². The maximum absolute atomic E-state index is 5.93. The Morgan fingerprint density at radius 3 is 2.67 bits per heavy atom. The van der Waals surface area contributed by atoms with Crippen LogP contribution in [0.25, 0.3) is 0 Å². The molecule has 0 radical (unpaired) electrons. The molecule has 1 unspecified atom stereocenters. The number of likely N-dealkylation sites (N-methyl/N-ethyl adjacent to an activating group) is 1. The summed E-state index contributed by atoms with van der Waals surface area (Å²) in [5.74, 6) is 1.67. The molecule has 0 spiro atoms. The van der Waals surface area contributed by atoms with Gasteiger partial charge in [-0.2, -0.15) is 0 Å². The van der Waals surface area contributed by atoms with Gasteiger partial charge in [-0.05, 0) is 24.7 Å². The van der Waals surface area contributed by atoms with Gasteiger partial charge < -0.3 is 20.1 Å². The van der Waals surface area contributed by atoms with Crippen LogP contribution >= 0.6 is 15.9 Å². The minimum Gasteiger partial charge on any atom is -0.486 e. The molecule has 0 amide bonds. The van der Waals surface area contributed by atoms with E-state index in [9.17, 15) is 0 Å². The molecule has 0 bridgehead atoms. The summed E-state index contributed by atoms with van der Waals surface area (Å²) in [7, 11) is 2.15. The molecule has 1 saturated heterocycles. The van der Waals surface area contributed by atoms with Gasteiger partial charge in [0.1, 0.15) is 13.2 Å². The van der Waals surface area contributed by atoms with E-state index in [1.807, 2.05) is 6.07 Å². The Morgan fingerprint density at radius 1 is 1.24 bits per heavy atom. The van der Waals surface area contributed by atoms with Crippen molar-refractivity contribution in [3.05, 3.63) is 22.2 Å². The summed E-state index contributed by atoms with van der Waals surface area (Å²) in [6.07, 6.45) is 0. The van der Waals surface area contributed by atoms with Gasteiger partial charge in [0, 0.05) is 43.2 Å². The molecule has 1 aromatic carbocycles. The lowest BCUT2D eigenvalue weighted by Crippen LogP contribution is -2.54. The summed E-state index contributed by atoms with van der Waals surface area (Å²) >= 11 is 3.65. The zero-order chi connectivity index (χ0) is 14.8. The summed E-state index contributed by atoms with van der Waals surface area (Å²) in [6.45, 7) is 5.95. The van der Waals surface area contributed by atoms with Crippen molar-refractivity contribution in [2.75, 3.05) is 46.4 Å². The van der Waals surface area contributed by atoms with Gasteiger partial charge in [0.2, 0.25) is 0 Å². The van der Waals surface area contributed by atoms with E-state index in [0.29, 0.717) is 25.8 Å². The Morgan fingerprint density at radius 2 is 1.95 bits per heavy atom. The molecule has 1 atom stereocenters. The average Bonchev–Trinajstić information content (AvgIpc) is 2.49. The van der Waals surface area contributed by atoms with Crippen LogP contribution in [0.5, 0.6) is 11.5 Å². The summed E-state index contributed by atoms with van der Waals surface area (Å²) in [5.41, 5.74) is 7.16. The van der Waals surface area contributed by atoms with E-state index in [4.69, 9.17) is 15.2 Å². The Balaban J connectivity index is 1.77. The fraction of sp³-hybridized carbons (Fsp3) is 0.600. The monoisotopic (exact) mass is 355 g/mol. The van der Waals surface area contributed by atoms with E-state index < -0.39 is 0 Å². The molecular formula is C15H22BrN3O2. The van der Waals surface area contributed by atoms with Crippen molar-refractivity contribution >= 4 is 15.9 Å². The van der Waals surface area contributed by atoms with Gasteiger partial charge in [0.05, 0.1) is 0 Å². The molecule has 0 aromatic heterocycles. The van der Waals surface area contributed by atoms with Crippen LogP contribution in [0, 0.1) is 0 Å². The van der Waals surface area contributed by atoms with Crippen LogP contribution in [0.15, 0.2) is 16.6 Å². The lowest BCUT2D eigenvalue weighted by molar-refractivity contribution is 0.0876. The number of nitrogens with two attached hydrogens (primary N) is 1. The number of piperazine rings is 1. The highest BCUT2D eigenvalue weighted by Crippen LogP contribution is 2.36. The largest absolute Gasteiger partial charge is 0.486 e. The van der Waals surface area contributed by atoms with Gasteiger partial charge in [0.25, 0.3) is 0 Å². The maximum atomic E-state index is 5.93. The van der Waals surface area contributed by atoms with E-state index in [0.717, 1.165) is 42.2 Å². The molecule has 5 nitrogen and oxygen atoms in total. The van der Waals surface area contributed by atoms with Gasteiger partial charge in [-0.3, -0.25) is 4.90 Å². The van der Waals surface area contributed by atoms with Crippen LogP contribution in [0.3, 0.4) is 0 Å². The van der Waals surface area contributed by atoms with Crippen molar-refractivity contribution in [3.8, 4) is 11.5 Å². The Hall–Kier alpha value is -0.820. The van der Waals surface area contributed by atoms with Crippen molar-refractivity contribution < 1.29 is 9.47 Å². The van der Waals surface area contributed by atoms with Gasteiger partial charge in [-0.15, -0.1) is 0 Å². The predicted molar refractivity (Wildman–Crippen MR) is 85.9 cm³/mol. The first-order valence-corrected chi connectivity index (χ1v) is 8.17. The molecule has 3 rings (SSSR count). The minimum absolute atomic E-state index is 0.406. The number of benzene rings is 1. The second-order valence-electron chi connectivity index (χ2n) is 5.71. The first-order chi connectivity index (χ1) is 10.2. The zero-order valence-corrected chi connectivity index (χ0v) is 13.9. The third-order valence-electron chi connectivity index (χ3n) is 4.16. The highest BCUT2D eigenvalue weighted by Gasteiger charge is 2.25. The number of ether oxygens (including phenoxy) is 2. The third-order valence-corrected chi connectivity index (χ3v) is 4.90. The van der Waals surface area contributed by atoms with Crippen LogP contribution in [-0.4, -0.2) is 62.3 Å². The first kappa shape index (κ1) is 15.1. The summed E-state index contributed by atoms with van der Waals surface area (Å²) in [4.78, 5) is 4.79. The molecule has 0 saturated carbocycles. The second-order valence-corrected chi connectivity index (χ2v) is 6.56. The standard InChI is InChI=1S/C15H22BrN3O2/c1-18-2-3-19(12(8-17)10-18)9-11-6-14-15(7-13(11)16)21-5-4-20-14/h6-7,12H,2-5,8-10,17H2,1H3. The molecule has 2 heterocycles. The average molecular weight is 356 g/mol. The Labute approximate surface area is 134 Å². The fourth-order valence-electron chi connectivity index (χ4n) is 2.93. The quantitative estimate of drug-likeness (QED) is 0.885. The predicted octanol–water partition coefficient (Wildman–Crippen LogP) is 1.29. The van der Waals surface area contributed by atoms with Crippen LogP contribution in [-0.2, 0) is 6.54 Å². The van der Waals surface area contributed by atoms with E-state index in [2.05, 4.69) is 38.8 Å². The summed E-state index contributed by atoms with van der Waals surface area (Å²) in [6, 6.07) is 4.51. The Bertz CT molecular complexity index is 512. The smallest absolute Gasteiger partial charge is 0.162 e. The van der Waals surface area contributed by atoms with Crippen molar-refractivity contribution in [1.29, 1.82) is 0 Å². The minimum atomic E-state index is 0.406. The lowest BCUT2D eigenvalue weighted by atomic mass is 10.1. The van der Waals surface area contributed by atoms with Crippen LogP contribution < -0.4 is 15.2 Å². The molecule has 0 aliphatic carbocycles. The van der Waals surface area contributed by atoms with Crippen molar-refractivity contribution in [2.24, 2.45) is 5.73 Å². The molecule has 1 aromatic rings. The number of rotatable bonds is 3. The maximum Gasteiger partial charge on any atom is 0.162 e. The number of hydrogen-bond acceptors (Lipinski definition) is 5. The van der Waals surface area contributed by atoms with Crippen LogP contribution in [0.1, 0.15) is 5.56 Å². The molecular weight excluding hydrogens is 334 g/mol. The van der Waals surface area contributed by atoms with Gasteiger partial charge >= 0.3 is 0 Å². The second kappa shape index (κ2) is 6.52. The van der Waals surface area contributed by atoms with Crippen LogP contribution in [0.2, 0.25) is 0 Å². The van der Waals surface area contributed by atoms with Gasteiger partial charge in [-0.25, -0.2) is 0 Å². The SMILES string of the molecule is CN1CCN(Cc2cc3c(cc2Br)OCCO3)C(CN)C1. The van der Waals surface area contributed by atoms with Crippen molar-refractivity contribution in [2.45, 2.75) is 12.6 Å². The van der Waals surface area contributed by atoms with Crippen molar-refractivity contribution in [3.63, 3.8) is 0 Å². The highest BCUT2D eigenvalue weighted by molar-refractivity contribution is 9.10. The molecule has 116 valence electrons. The number of nitrogens with zero attached hydrogens (tertiary/aromatic N) is 2. The molecule has 21 heavy (non-hydrogen) atoms. The normalized spacial score (nSPS) is 23.3. The number of hydrogen-bond donors (Lipinski definition) is 1. The molecule has 2 aliphatic rings. The van der Waals surface area contributed by atoms with E-state index >= 15 is 0 Å². The van der Waals surface area contributed by atoms with Crippen LogP contribution in [0.4, 0.5) is 0 Å². The number of halogens is 1. The van der Waals surface area contributed by atoms with E-state index in [1.165, 1.54) is 5.56 Å². The molecule has 6 heteroatoms. The highest BCUT2D eigenvalue weighted by atomic mass is 79.9. The zero-order valence-electron chi connectivity index (χ0n) is 12.3. The first-order valence-electron chi connectivity index (χ1n) is 7.38. The third kappa shape index (κ3) is 3.34. The fourth-order valence-corrected chi connectivity index (χ4v) is 3.37. The van der Waals surface area contributed by atoms with E-state index in [-0.39, 0.29) is 0 Å². The Kier molecular flexibility index (Phi) is 4.69. The molecule has 2 N–H and O–H groups in total. The number of fused-ring (bicyclic) bond motifs is 1. The van der Waals surface area contributed by atoms with Gasteiger partial charge in [-0.1, -0.05) is 15.9 Å². The molecule has 1 fully saturated rings. The van der Waals surface area contributed by atoms with E-state index in [1.54, 1.807) is 0 Å². The topological polar surface area (TPSA) is 51.0 Å². The molecule has 2 aliphatic heterocycles.